The van der Waals surface area contributed by atoms with Crippen molar-refractivity contribution < 1.29 is 14.2 Å². The van der Waals surface area contributed by atoms with Gasteiger partial charge in [-0.05, 0) is 49.4 Å². The monoisotopic (exact) mass is 238 g/mol. The van der Waals surface area contributed by atoms with Gasteiger partial charge in [0.2, 0.25) is 0 Å². The highest BCUT2D eigenvalue weighted by Crippen LogP contribution is 2.27. The van der Waals surface area contributed by atoms with Gasteiger partial charge in [-0.2, -0.15) is 0 Å². The summed E-state index contributed by atoms with van der Waals surface area (Å²) in [6, 6.07) is 4.54. The molecule has 1 saturated heterocycles. The van der Waals surface area contributed by atoms with Gasteiger partial charge in [0.05, 0.1) is 12.2 Å². The van der Waals surface area contributed by atoms with Crippen LogP contribution in [0.3, 0.4) is 0 Å². The molecule has 94 valence electrons. The zero-order valence-corrected chi connectivity index (χ0v) is 10.2. The van der Waals surface area contributed by atoms with Gasteiger partial charge in [0.25, 0.3) is 0 Å². The Hall–Kier alpha value is -0.930. The standard InChI is InChI=1S/C14H19FO2/c1-10-5-6-11(15)8-13(10)14(16)9-12-4-2-3-7-17-12/h5-6,8,12,14,16H,2-4,7,9H2,1H3. The number of hydrogen-bond donors (Lipinski definition) is 1. The van der Waals surface area contributed by atoms with Crippen molar-refractivity contribution in [3.8, 4) is 0 Å². The lowest BCUT2D eigenvalue weighted by molar-refractivity contribution is -0.0157. The number of aryl methyl sites for hydroxylation is 1. The summed E-state index contributed by atoms with van der Waals surface area (Å²) in [6.07, 6.45) is 3.29. The smallest absolute Gasteiger partial charge is 0.123 e. The van der Waals surface area contributed by atoms with Crippen LogP contribution in [-0.4, -0.2) is 17.8 Å². The van der Waals surface area contributed by atoms with E-state index in [1.54, 1.807) is 6.07 Å². The van der Waals surface area contributed by atoms with Crippen molar-refractivity contribution in [2.24, 2.45) is 0 Å². The van der Waals surface area contributed by atoms with E-state index in [0.29, 0.717) is 12.0 Å². The van der Waals surface area contributed by atoms with E-state index >= 15 is 0 Å². The fourth-order valence-corrected chi connectivity index (χ4v) is 2.34. The molecule has 2 rings (SSSR count). The number of rotatable bonds is 3. The first-order chi connectivity index (χ1) is 8.16. The fraction of sp³-hybridized carbons (Fsp3) is 0.571. The van der Waals surface area contributed by atoms with E-state index in [1.165, 1.54) is 12.1 Å². The molecule has 2 atom stereocenters. The van der Waals surface area contributed by atoms with Gasteiger partial charge >= 0.3 is 0 Å². The number of halogens is 1. The van der Waals surface area contributed by atoms with Crippen molar-refractivity contribution in [3.05, 3.63) is 35.1 Å². The number of ether oxygens (including phenoxy) is 1. The van der Waals surface area contributed by atoms with Crippen molar-refractivity contribution >= 4 is 0 Å². The van der Waals surface area contributed by atoms with E-state index < -0.39 is 6.10 Å². The minimum absolute atomic E-state index is 0.112. The third-order valence-electron chi connectivity index (χ3n) is 3.36. The molecule has 0 radical (unpaired) electrons. The maximum atomic E-state index is 13.1. The first-order valence-electron chi connectivity index (χ1n) is 6.22. The molecule has 1 fully saturated rings. The highest BCUT2D eigenvalue weighted by atomic mass is 19.1. The number of hydrogen-bond acceptors (Lipinski definition) is 2. The van der Waals surface area contributed by atoms with Crippen LogP contribution in [-0.2, 0) is 4.74 Å². The van der Waals surface area contributed by atoms with Gasteiger partial charge in [-0.25, -0.2) is 4.39 Å². The van der Waals surface area contributed by atoms with E-state index in [-0.39, 0.29) is 11.9 Å². The molecule has 0 spiro atoms. The van der Waals surface area contributed by atoms with Crippen LogP contribution in [0.15, 0.2) is 18.2 Å². The average Bonchev–Trinajstić information content (AvgIpc) is 2.33. The quantitative estimate of drug-likeness (QED) is 0.876. The van der Waals surface area contributed by atoms with Gasteiger partial charge < -0.3 is 9.84 Å². The molecule has 0 aromatic heterocycles. The van der Waals surface area contributed by atoms with Crippen LogP contribution >= 0.6 is 0 Å². The largest absolute Gasteiger partial charge is 0.388 e. The molecule has 1 aromatic carbocycles. The third-order valence-corrected chi connectivity index (χ3v) is 3.36. The van der Waals surface area contributed by atoms with Gasteiger partial charge in [0.1, 0.15) is 5.82 Å². The maximum Gasteiger partial charge on any atom is 0.123 e. The van der Waals surface area contributed by atoms with E-state index in [9.17, 15) is 9.50 Å². The predicted molar refractivity (Wildman–Crippen MR) is 64.3 cm³/mol. The van der Waals surface area contributed by atoms with Crippen molar-refractivity contribution in [1.82, 2.24) is 0 Å². The summed E-state index contributed by atoms with van der Waals surface area (Å²) in [5.74, 6) is -0.297. The summed E-state index contributed by atoms with van der Waals surface area (Å²) in [6.45, 7) is 2.67. The molecule has 3 heteroatoms. The third kappa shape index (κ3) is 3.27. The zero-order valence-electron chi connectivity index (χ0n) is 10.2. The van der Waals surface area contributed by atoms with E-state index in [1.807, 2.05) is 6.92 Å². The summed E-state index contributed by atoms with van der Waals surface area (Å²) in [4.78, 5) is 0. The van der Waals surface area contributed by atoms with Crippen LogP contribution in [0.25, 0.3) is 0 Å². The van der Waals surface area contributed by atoms with Gasteiger partial charge in [-0.15, -0.1) is 0 Å². The van der Waals surface area contributed by atoms with E-state index in [2.05, 4.69) is 0 Å². The Morgan fingerprint density at radius 3 is 3.00 bits per heavy atom. The van der Waals surface area contributed by atoms with E-state index in [0.717, 1.165) is 31.4 Å². The number of benzene rings is 1. The second-order valence-electron chi connectivity index (χ2n) is 4.74. The number of aliphatic hydroxyl groups is 1. The lowest BCUT2D eigenvalue weighted by atomic mass is 9.96. The summed E-state index contributed by atoms with van der Waals surface area (Å²) in [5, 5.41) is 10.1. The lowest BCUT2D eigenvalue weighted by Crippen LogP contribution is -2.21. The second kappa shape index (κ2) is 5.61. The molecule has 0 amide bonds. The summed E-state index contributed by atoms with van der Waals surface area (Å²) in [7, 11) is 0. The van der Waals surface area contributed by atoms with Crippen molar-refractivity contribution in [2.75, 3.05) is 6.61 Å². The molecule has 1 heterocycles. The topological polar surface area (TPSA) is 29.5 Å². The van der Waals surface area contributed by atoms with Crippen molar-refractivity contribution in [3.63, 3.8) is 0 Å². The molecule has 1 aromatic rings. The minimum Gasteiger partial charge on any atom is -0.388 e. The molecule has 1 aliphatic rings. The van der Waals surface area contributed by atoms with Crippen LogP contribution in [0, 0.1) is 12.7 Å². The molecule has 0 saturated carbocycles. The highest BCUT2D eigenvalue weighted by Gasteiger charge is 2.20. The van der Waals surface area contributed by atoms with Crippen LogP contribution in [0.5, 0.6) is 0 Å². The molecular formula is C14H19FO2. The molecule has 2 nitrogen and oxygen atoms in total. The zero-order chi connectivity index (χ0) is 12.3. The Morgan fingerprint density at radius 2 is 2.29 bits per heavy atom. The van der Waals surface area contributed by atoms with Gasteiger partial charge in [0.15, 0.2) is 0 Å². The van der Waals surface area contributed by atoms with Crippen LogP contribution < -0.4 is 0 Å². The number of aliphatic hydroxyl groups excluding tert-OH is 1. The highest BCUT2D eigenvalue weighted by molar-refractivity contribution is 5.28. The Balaban J connectivity index is 2.02. The van der Waals surface area contributed by atoms with Crippen LogP contribution in [0.4, 0.5) is 4.39 Å². The Morgan fingerprint density at radius 1 is 1.47 bits per heavy atom. The van der Waals surface area contributed by atoms with Gasteiger partial charge in [0, 0.05) is 13.0 Å². The Kier molecular flexibility index (Phi) is 4.13. The van der Waals surface area contributed by atoms with Gasteiger partial charge in [-0.1, -0.05) is 6.07 Å². The van der Waals surface area contributed by atoms with E-state index in [4.69, 9.17) is 4.74 Å². The molecule has 1 aliphatic heterocycles. The fourth-order valence-electron chi connectivity index (χ4n) is 2.34. The molecule has 2 unspecified atom stereocenters. The molecular weight excluding hydrogens is 219 g/mol. The molecule has 0 aliphatic carbocycles. The SMILES string of the molecule is Cc1ccc(F)cc1C(O)CC1CCCCO1. The average molecular weight is 238 g/mol. The Labute approximate surface area is 101 Å². The molecule has 1 N–H and O–H groups in total. The minimum atomic E-state index is -0.631. The Bertz CT molecular complexity index is 372. The van der Waals surface area contributed by atoms with Crippen LogP contribution in [0.1, 0.15) is 42.9 Å². The lowest BCUT2D eigenvalue weighted by Gasteiger charge is -2.25. The van der Waals surface area contributed by atoms with Crippen LogP contribution in [0.2, 0.25) is 0 Å². The first-order valence-corrected chi connectivity index (χ1v) is 6.22. The second-order valence-corrected chi connectivity index (χ2v) is 4.74. The first kappa shape index (κ1) is 12.5. The van der Waals surface area contributed by atoms with Crippen molar-refractivity contribution in [2.45, 2.75) is 44.8 Å². The summed E-state index contributed by atoms with van der Waals surface area (Å²) in [5.41, 5.74) is 1.61. The van der Waals surface area contributed by atoms with Crippen molar-refractivity contribution in [1.29, 1.82) is 0 Å². The summed E-state index contributed by atoms with van der Waals surface area (Å²) < 4.78 is 18.7. The molecule has 0 bridgehead atoms. The van der Waals surface area contributed by atoms with Gasteiger partial charge in [-0.3, -0.25) is 0 Å². The maximum absolute atomic E-state index is 13.1. The predicted octanol–water partition coefficient (Wildman–Crippen LogP) is 3.13. The molecule has 17 heavy (non-hydrogen) atoms. The summed E-state index contributed by atoms with van der Waals surface area (Å²) >= 11 is 0. The normalized spacial score (nSPS) is 22.4.